The van der Waals surface area contributed by atoms with Gasteiger partial charge in [0.05, 0.1) is 25.4 Å². The van der Waals surface area contributed by atoms with Gasteiger partial charge in [0.1, 0.15) is 48.8 Å². The number of aliphatic hydroxyl groups is 4. The molecule has 4 aliphatic rings. The zero-order valence-electron chi connectivity index (χ0n) is 21.3. The third-order valence-electron chi connectivity index (χ3n) is 7.79. The summed E-state index contributed by atoms with van der Waals surface area (Å²) in [6.45, 7) is 0.745. The molecule has 0 radical (unpaired) electrons. The lowest BCUT2D eigenvalue weighted by molar-refractivity contribution is -0.329. The van der Waals surface area contributed by atoms with Crippen molar-refractivity contribution in [2.75, 3.05) is 26.3 Å². The van der Waals surface area contributed by atoms with Crippen molar-refractivity contribution in [3.63, 3.8) is 0 Å². The first-order chi connectivity index (χ1) is 19.0. The van der Waals surface area contributed by atoms with E-state index < -0.39 is 73.6 Å². The van der Waals surface area contributed by atoms with E-state index in [2.05, 4.69) is 5.32 Å². The molecule has 4 aliphatic heterocycles. The summed E-state index contributed by atoms with van der Waals surface area (Å²) >= 11 is 0. The van der Waals surface area contributed by atoms with Crippen LogP contribution in [0, 0.1) is 0 Å². The van der Waals surface area contributed by atoms with Crippen LogP contribution < -0.4 is 5.32 Å². The van der Waals surface area contributed by atoms with Crippen LogP contribution in [0.2, 0.25) is 0 Å². The molecule has 2 aromatic carbocycles. The molecule has 2 aromatic rings. The maximum Gasteiger partial charge on any atom is 0.184 e. The highest BCUT2D eigenvalue weighted by Crippen LogP contribution is 2.35. The summed E-state index contributed by atoms with van der Waals surface area (Å²) in [4.78, 5) is 0. The maximum atomic E-state index is 10.8. The molecule has 4 heterocycles. The van der Waals surface area contributed by atoms with Crippen molar-refractivity contribution in [1.29, 1.82) is 0 Å². The summed E-state index contributed by atoms with van der Waals surface area (Å²) in [6.07, 6.45) is -10.1. The number of ether oxygens (including phenoxy) is 6. The van der Waals surface area contributed by atoms with E-state index in [9.17, 15) is 20.4 Å². The quantitative estimate of drug-likeness (QED) is 0.328. The number of nitrogens with one attached hydrogen (secondary N) is 1. The van der Waals surface area contributed by atoms with Gasteiger partial charge in [-0.2, -0.15) is 0 Å². The van der Waals surface area contributed by atoms with Gasteiger partial charge >= 0.3 is 0 Å². The van der Waals surface area contributed by atoms with Gasteiger partial charge in [0.2, 0.25) is 0 Å². The lowest BCUT2D eigenvalue weighted by Gasteiger charge is -2.47. The molecule has 0 aromatic heterocycles. The minimum absolute atomic E-state index is 0.170. The fourth-order valence-corrected chi connectivity index (χ4v) is 5.64. The van der Waals surface area contributed by atoms with Crippen LogP contribution in [-0.4, -0.2) is 108 Å². The van der Waals surface area contributed by atoms with Crippen molar-refractivity contribution in [2.24, 2.45) is 0 Å². The van der Waals surface area contributed by atoms with Crippen LogP contribution in [0.3, 0.4) is 0 Å². The second kappa shape index (κ2) is 11.9. The molecule has 6 rings (SSSR count). The predicted octanol–water partition coefficient (Wildman–Crippen LogP) is -0.217. The highest BCUT2D eigenvalue weighted by atomic mass is 16.7. The molecule has 0 spiro atoms. The summed E-state index contributed by atoms with van der Waals surface area (Å²) in [5.41, 5.74) is 1.64. The van der Waals surface area contributed by atoms with Gasteiger partial charge in [-0.3, -0.25) is 0 Å². The van der Waals surface area contributed by atoms with Gasteiger partial charge in [0, 0.05) is 24.2 Å². The molecule has 11 nitrogen and oxygen atoms in total. The molecule has 0 aliphatic carbocycles. The van der Waals surface area contributed by atoms with Crippen LogP contribution in [-0.2, 0) is 28.4 Å². The van der Waals surface area contributed by atoms with E-state index in [1.54, 1.807) is 0 Å². The Labute approximate surface area is 226 Å². The molecular weight excluding hydrogens is 510 g/mol. The molecule has 0 unspecified atom stereocenters. The highest BCUT2D eigenvalue weighted by Gasteiger charge is 2.50. The van der Waals surface area contributed by atoms with Gasteiger partial charge in [-0.25, -0.2) is 0 Å². The summed E-state index contributed by atoms with van der Waals surface area (Å²) in [5, 5.41) is 46.2. The molecule has 4 saturated heterocycles. The zero-order valence-corrected chi connectivity index (χ0v) is 21.3. The zero-order chi connectivity index (χ0) is 26.9. The van der Waals surface area contributed by atoms with E-state index in [1.807, 2.05) is 60.7 Å². The van der Waals surface area contributed by atoms with E-state index in [0.717, 1.165) is 11.1 Å². The monoisotopic (exact) mass is 545 g/mol. The largest absolute Gasteiger partial charge is 0.388 e. The number of aliphatic hydroxyl groups excluding tert-OH is 4. The SMILES string of the molecule is O[C@@H]1[C@@H](O)[C@H](CNC[C@@H]2O[C@@H]3CO[C@@H](c4ccccc4)O[C@H]3[C@H](O)[C@H]2O)O[C@@H]2CO[C@@H](c3ccccc3)O[C@@H]12. The van der Waals surface area contributed by atoms with Crippen LogP contribution >= 0.6 is 0 Å². The Morgan fingerprint density at radius 1 is 0.564 bits per heavy atom. The van der Waals surface area contributed by atoms with Crippen LogP contribution in [0.5, 0.6) is 0 Å². The fraction of sp³-hybridized carbons (Fsp3) is 0.571. The van der Waals surface area contributed by atoms with Crippen molar-refractivity contribution >= 4 is 0 Å². The Morgan fingerprint density at radius 3 is 1.38 bits per heavy atom. The van der Waals surface area contributed by atoms with Gasteiger partial charge < -0.3 is 54.2 Å². The third kappa shape index (κ3) is 5.63. The van der Waals surface area contributed by atoms with Crippen LogP contribution in [0.1, 0.15) is 23.7 Å². The predicted molar refractivity (Wildman–Crippen MR) is 134 cm³/mol. The molecule has 12 atom stereocenters. The summed E-state index contributed by atoms with van der Waals surface area (Å²) in [7, 11) is 0. The Balaban J connectivity index is 1.00. The first kappa shape index (κ1) is 27.2. The fourth-order valence-electron chi connectivity index (χ4n) is 5.64. The topological polar surface area (TPSA) is 148 Å². The van der Waals surface area contributed by atoms with Crippen molar-refractivity contribution in [2.45, 2.75) is 73.6 Å². The Bertz CT molecular complexity index is 975. The average Bonchev–Trinajstić information content (AvgIpc) is 2.98. The molecule has 0 amide bonds. The second-order valence-electron chi connectivity index (χ2n) is 10.4. The van der Waals surface area contributed by atoms with Gasteiger partial charge in [-0.05, 0) is 0 Å². The average molecular weight is 546 g/mol. The van der Waals surface area contributed by atoms with Crippen molar-refractivity contribution in [3.8, 4) is 0 Å². The molecule has 11 heteroatoms. The van der Waals surface area contributed by atoms with Crippen LogP contribution in [0.15, 0.2) is 60.7 Å². The number of rotatable bonds is 6. The van der Waals surface area contributed by atoms with Gasteiger partial charge in [0.25, 0.3) is 0 Å². The number of hydrogen-bond donors (Lipinski definition) is 5. The standard InChI is InChI=1S/C28H35NO10/c30-21-17(36-19-13-34-27(38-25(19)23(21)32)15-7-3-1-4-8-15)11-29-12-18-22(31)24(33)26-20(37-18)14-35-28(39-26)16-9-5-2-6-10-16/h1-10,17-33H,11-14H2/t17-,18-,19+,20+,21-,22-,23+,24+,25+,26+,27+,28+/m0/s1. The Hall–Kier alpha value is -2.00. The minimum Gasteiger partial charge on any atom is -0.388 e. The lowest BCUT2D eigenvalue weighted by atomic mass is 9.93. The minimum atomic E-state index is -1.20. The van der Waals surface area contributed by atoms with Crippen molar-refractivity contribution in [1.82, 2.24) is 5.32 Å². The summed E-state index contributed by atoms with van der Waals surface area (Å²) < 4.78 is 35.5. The number of hydrogen-bond acceptors (Lipinski definition) is 11. The van der Waals surface area contributed by atoms with E-state index in [0.29, 0.717) is 0 Å². The Kier molecular flexibility index (Phi) is 8.26. The number of fused-ring (bicyclic) bond motifs is 2. The normalized spacial score (nSPS) is 42.4. The molecule has 0 bridgehead atoms. The van der Waals surface area contributed by atoms with E-state index in [4.69, 9.17) is 28.4 Å². The number of benzene rings is 2. The third-order valence-corrected chi connectivity index (χ3v) is 7.79. The Morgan fingerprint density at radius 2 is 0.974 bits per heavy atom. The van der Waals surface area contributed by atoms with Crippen molar-refractivity contribution in [3.05, 3.63) is 71.8 Å². The molecule has 39 heavy (non-hydrogen) atoms. The highest BCUT2D eigenvalue weighted by molar-refractivity contribution is 5.17. The first-order valence-corrected chi connectivity index (χ1v) is 13.4. The summed E-state index contributed by atoms with van der Waals surface area (Å²) in [5.74, 6) is 0. The van der Waals surface area contributed by atoms with Gasteiger partial charge in [-0.15, -0.1) is 0 Å². The molecule has 0 saturated carbocycles. The van der Waals surface area contributed by atoms with Gasteiger partial charge in [0.15, 0.2) is 12.6 Å². The molecule has 5 N–H and O–H groups in total. The van der Waals surface area contributed by atoms with E-state index in [-0.39, 0.29) is 26.3 Å². The van der Waals surface area contributed by atoms with Crippen molar-refractivity contribution < 1.29 is 48.8 Å². The van der Waals surface area contributed by atoms with Gasteiger partial charge in [-0.1, -0.05) is 60.7 Å². The molecule has 212 valence electrons. The van der Waals surface area contributed by atoms with Crippen LogP contribution in [0.4, 0.5) is 0 Å². The summed E-state index contributed by atoms with van der Waals surface area (Å²) in [6, 6.07) is 18.8. The maximum absolute atomic E-state index is 10.8. The second-order valence-corrected chi connectivity index (χ2v) is 10.4. The van der Waals surface area contributed by atoms with E-state index >= 15 is 0 Å². The first-order valence-electron chi connectivity index (χ1n) is 13.4. The van der Waals surface area contributed by atoms with E-state index in [1.165, 1.54) is 0 Å². The van der Waals surface area contributed by atoms with Crippen LogP contribution in [0.25, 0.3) is 0 Å². The molecule has 4 fully saturated rings. The smallest absolute Gasteiger partial charge is 0.184 e. The molecular formula is C28H35NO10. The lowest BCUT2D eigenvalue weighted by Crippen LogP contribution is -2.65.